The monoisotopic (exact) mass is 330 g/mol. The molecule has 0 aliphatic heterocycles. The lowest BCUT2D eigenvalue weighted by Gasteiger charge is -2.01. The third-order valence-corrected chi connectivity index (χ3v) is 3.99. The minimum Gasteiger partial charge on any atom is -0.492 e. The summed E-state index contributed by atoms with van der Waals surface area (Å²) in [6, 6.07) is 9.23. The summed E-state index contributed by atoms with van der Waals surface area (Å²) in [5, 5.41) is 15.2. The quantitative estimate of drug-likeness (QED) is 0.435. The average molecular weight is 330 g/mol. The Morgan fingerprint density at radius 2 is 2.04 bits per heavy atom. The highest BCUT2D eigenvalue weighted by Crippen LogP contribution is 2.30. The maximum atomic E-state index is 11.5. The Labute approximate surface area is 136 Å². The molecule has 0 saturated carbocycles. The van der Waals surface area contributed by atoms with Crippen LogP contribution in [0.15, 0.2) is 41.7 Å². The minimum atomic E-state index is -0.323. The fourth-order valence-corrected chi connectivity index (χ4v) is 2.78. The number of rotatable bonds is 5. The summed E-state index contributed by atoms with van der Waals surface area (Å²) in [5.41, 5.74) is 1.50. The summed E-state index contributed by atoms with van der Waals surface area (Å²) in [6.45, 7) is 2.09. The molecule has 3 aromatic rings. The Balaban J connectivity index is 1.97. The van der Waals surface area contributed by atoms with Gasteiger partial charge in [-0.15, -0.1) is 0 Å². The van der Waals surface area contributed by atoms with E-state index in [1.807, 2.05) is 30.3 Å². The molecule has 0 aliphatic rings. The van der Waals surface area contributed by atoms with E-state index in [1.54, 1.807) is 6.92 Å². The Morgan fingerprint density at radius 1 is 1.26 bits per heavy atom. The molecule has 118 valence electrons. The Bertz CT molecular complexity index is 835. The number of carbonyl (C=O) groups excluding carboxylic acids is 1. The molecule has 2 aromatic heterocycles. The van der Waals surface area contributed by atoms with Crippen molar-refractivity contribution >= 4 is 28.8 Å². The lowest BCUT2D eigenvalue weighted by molar-refractivity contribution is -0.139. The third kappa shape index (κ3) is 3.11. The first kappa shape index (κ1) is 15.3. The first-order valence-corrected chi connectivity index (χ1v) is 7.95. The highest BCUT2D eigenvalue weighted by Gasteiger charge is 2.17. The number of esters is 1. The zero-order chi connectivity index (χ0) is 16.2. The number of thioether (sulfide) groups is 1. The van der Waals surface area contributed by atoms with Crippen LogP contribution in [0.5, 0.6) is 5.88 Å². The van der Waals surface area contributed by atoms with Crippen LogP contribution in [-0.2, 0) is 9.53 Å². The molecule has 1 aromatic carbocycles. The first-order valence-electron chi connectivity index (χ1n) is 6.97. The van der Waals surface area contributed by atoms with E-state index < -0.39 is 0 Å². The van der Waals surface area contributed by atoms with E-state index in [1.165, 1.54) is 22.8 Å². The summed E-state index contributed by atoms with van der Waals surface area (Å²) in [5.74, 6) is -0.263. The summed E-state index contributed by atoms with van der Waals surface area (Å²) >= 11 is 1.20. The van der Waals surface area contributed by atoms with Crippen LogP contribution >= 0.6 is 11.8 Å². The van der Waals surface area contributed by atoms with E-state index >= 15 is 0 Å². The lowest BCUT2D eigenvalue weighted by Crippen LogP contribution is -2.06. The molecule has 0 radical (unpaired) electrons. The number of para-hydroxylation sites is 1. The van der Waals surface area contributed by atoms with Crippen LogP contribution in [0.2, 0.25) is 0 Å². The molecule has 0 atom stereocenters. The molecule has 8 heteroatoms. The molecule has 1 N–H and O–H groups in total. The van der Waals surface area contributed by atoms with Crippen molar-refractivity contribution in [2.45, 2.75) is 11.9 Å². The molecule has 3 rings (SSSR count). The molecule has 2 heterocycles. The predicted octanol–water partition coefficient (Wildman–Crippen LogP) is 2.18. The van der Waals surface area contributed by atoms with Gasteiger partial charge < -0.3 is 9.84 Å². The van der Waals surface area contributed by atoms with Gasteiger partial charge in [0.2, 0.25) is 5.88 Å². The number of aromatic nitrogens is 4. The van der Waals surface area contributed by atoms with Crippen LogP contribution in [0.4, 0.5) is 0 Å². The van der Waals surface area contributed by atoms with Crippen LogP contribution in [0, 0.1) is 0 Å². The number of hydrogen-bond acceptors (Lipinski definition) is 7. The smallest absolute Gasteiger partial charge is 0.316 e. The average Bonchev–Trinajstić information content (AvgIpc) is 2.92. The van der Waals surface area contributed by atoms with Crippen LogP contribution in [0.25, 0.3) is 16.7 Å². The van der Waals surface area contributed by atoms with Gasteiger partial charge in [0, 0.05) is 0 Å². The number of carbonyl (C=O) groups is 1. The second-order valence-electron chi connectivity index (χ2n) is 4.54. The van der Waals surface area contributed by atoms with Crippen LogP contribution < -0.4 is 0 Å². The van der Waals surface area contributed by atoms with Crippen LogP contribution in [-0.4, -0.2) is 43.2 Å². The maximum absolute atomic E-state index is 11.5. The van der Waals surface area contributed by atoms with Crippen molar-refractivity contribution in [3.05, 3.63) is 36.7 Å². The van der Waals surface area contributed by atoms with E-state index in [4.69, 9.17) is 4.74 Å². The zero-order valence-corrected chi connectivity index (χ0v) is 13.2. The van der Waals surface area contributed by atoms with E-state index in [9.17, 15) is 9.90 Å². The largest absolute Gasteiger partial charge is 0.492 e. The highest BCUT2D eigenvalue weighted by atomic mass is 32.2. The fraction of sp³-hybridized carbons (Fsp3) is 0.200. The number of ether oxygens (including phenoxy) is 1. The van der Waals surface area contributed by atoms with E-state index in [2.05, 4.69) is 15.1 Å². The van der Waals surface area contributed by atoms with E-state index in [-0.39, 0.29) is 17.6 Å². The molecule has 0 unspecified atom stereocenters. The van der Waals surface area contributed by atoms with Crippen molar-refractivity contribution in [2.24, 2.45) is 0 Å². The van der Waals surface area contributed by atoms with Gasteiger partial charge in [0.05, 0.1) is 18.0 Å². The standard InChI is InChI=1S/C15H14N4O3S/c1-2-22-11(20)8-23-14-12-13(16-9-17-14)15(21)19(18-12)10-6-4-3-5-7-10/h3-7,9,21H,2,8H2,1H3. The number of benzene rings is 1. The van der Waals surface area contributed by atoms with E-state index in [0.29, 0.717) is 28.4 Å². The van der Waals surface area contributed by atoms with Crippen molar-refractivity contribution in [1.82, 2.24) is 19.7 Å². The summed E-state index contributed by atoms with van der Waals surface area (Å²) < 4.78 is 6.29. The number of nitrogens with zero attached hydrogens (tertiary/aromatic N) is 4. The van der Waals surface area contributed by atoms with Crippen molar-refractivity contribution in [3.63, 3.8) is 0 Å². The zero-order valence-electron chi connectivity index (χ0n) is 12.3. The van der Waals surface area contributed by atoms with Gasteiger partial charge in [-0.2, -0.15) is 9.78 Å². The summed E-state index contributed by atoms with van der Waals surface area (Å²) in [6.07, 6.45) is 1.34. The topological polar surface area (TPSA) is 90.1 Å². The molecule has 0 amide bonds. The second-order valence-corrected chi connectivity index (χ2v) is 5.50. The molecular formula is C15H14N4O3S. The first-order chi connectivity index (χ1) is 11.2. The van der Waals surface area contributed by atoms with Gasteiger partial charge in [0.15, 0.2) is 5.52 Å². The van der Waals surface area contributed by atoms with Gasteiger partial charge in [-0.3, -0.25) is 4.79 Å². The molecule has 0 aliphatic carbocycles. The van der Waals surface area contributed by atoms with Crippen molar-refractivity contribution < 1.29 is 14.6 Å². The van der Waals surface area contributed by atoms with Gasteiger partial charge in [0.1, 0.15) is 16.9 Å². The van der Waals surface area contributed by atoms with Gasteiger partial charge in [-0.25, -0.2) is 9.97 Å². The molecule has 7 nitrogen and oxygen atoms in total. The molecule has 0 spiro atoms. The lowest BCUT2D eigenvalue weighted by atomic mass is 10.3. The number of aromatic hydroxyl groups is 1. The van der Waals surface area contributed by atoms with Crippen molar-refractivity contribution in [3.8, 4) is 11.6 Å². The maximum Gasteiger partial charge on any atom is 0.316 e. The Kier molecular flexibility index (Phi) is 4.42. The summed E-state index contributed by atoms with van der Waals surface area (Å²) in [7, 11) is 0. The van der Waals surface area contributed by atoms with E-state index in [0.717, 1.165) is 0 Å². The Hall–Kier alpha value is -2.61. The molecule has 0 saturated heterocycles. The Morgan fingerprint density at radius 3 is 2.78 bits per heavy atom. The molecule has 23 heavy (non-hydrogen) atoms. The molecule has 0 fully saturated rings. The SMILES string of the molecule is CCOC(=O)CSc1ncnc2c(O)n(-c3ccccc3)nc12. The van der Waals surface area contributed by atoms with Crippen LogP contribution in [0.1, 0.15) is 6.92 Å². The van der Waals surface area contributed by atoms with Gasteiger partial charge >= 0.3 is 5.97 Å². The third-order valence-electron chi connectivity index (χ3n) is 3.03. The predicted molar refractivity (Wildman–Crippen MR) is 85.7 cm³/mol. The summed E-state index contributed by atoms with van der Waals surface area (Å²) in [4.78, 5) is 19.7. The number of hydrogen-bond donors (Lipinski definition) is 1. The fourth-order valence-electron chi connectivity index (χ4n) is 2.05. The van der Waals surface area contributed by atoms with Crippen molar-refractivity contribution in [1.29, 1.82) is 0 Å². The van der Waals surface area contributed by atoms with Crippen LogP contribution in [0.3, 0.4) is 0 Å². The van der Waals surface area contributed by atoms with Gasteiger partial charge in [0.25, 0.3) is 0 Å². The van der Waals surface area contributed by atoms with Gasteiger partial charge in [-0.1, -0.05) is 30.0 Å². The van der Waals surface area contributed by atoms with Gasteiger partial charge in [-0.05, 0) is 19.1 Å². The molecular weight excluding hydrogens is 316 g/mol. The molecule has 0 bridgehead atoms. The highest BCUT2D eigenvalue weighted by molar-refractivity contribution is 8.00. The normalized spacial score (nSPS) is 10.8. The number of fused-ring (bicyclic) bond motifs is 1. The second kappa shape index (κ2) is 6.66. The minimum absolute atomic E-state index is 0.0633. The van der Waals surface area contributed by atoms with Crippen molar-refractivity contribution in [2.75, 3.05) is 12.4 Å².